The molecule has 1 atom stereocenters. The van der Waals surface area contributed by atoms with Crippen LogP contribution in [0.2, 0.25) is 0 Å². The lowest BCUT2D eigenvalue weighted by Gasteiger charge is -2.24. The maximum atomic E-state index is 5.76. The number of nitrogens with two attached hydrogens (primary N) is 1. The Morgan fingerprint density at radius 1 is 1.50 bits per heavy atom. The first-order valence-corrected chi connectivity index (χ1v) is 5.83. The lowest BCUT2D eigenvalue weighted by Crippen LogP contribution is -2.33. The van der Waals surface area contributed by atoms with Crippen LogP contribution in [0.25, 0.3) is 0 Å². The Hall–Kier alpha value is -0.870. The SMILES string of the molecule is Cc1cc(CN(C)CC(CN)C(C)C)no1. The summed E-state index contributed by atoms with van der Waals surface area (Å²) in [6.45, 7) is 8.89. The summed E-state index contributed by atoms with van der Waals surface area (Å²) >= 11 is 0. The van der Waals surface area contributed by atoms with Crippen molar-refractivity contribution in [3.05, 3.63) is 17.5 Å². The minimum atomic E-state index is 0.540. The highest BCUT2D eigenvalue weighted by Crippen LogP contribution is 2.12. The molecule has 0 saturated carbocycles. The molecule has 1 aromatic rings. The topological polar surface area (TPSA) is 55.3 Å². The van der Waals surface area contributed by atoms with Gasteiger partial charge in [-0.3, -0.25) is 0 Å². The van der Waals surface area contributed by atoms with Gasteiger partial charge in [0.1, 0.15) is 5.76 Å². The predicted molar refractivity (Wildman–Crippen MR) is 65.0 cm³/mol. The first kappa shape index (κ1) is 13.2. The number of rotatable bonds is 6. The standard InChI is InChI=1S/C12H23N3O/c1-9(2)11(6-13)7-15(4)8-12-5-10(3)16-14-12/h5,9,11H,6-8,13H2,1-4H3. The molecule has 0 fully saturated rings. The molecular formula is C12H23N3O. The quantitative estimate of drug-likeness (QED) is 0.799. The summed E-state index contributed by atoms with van der Waals surface area (Å²) in [7, 11) is 2.09. The first-order valence-electron chi connectivity index (χ1n) is 5.83. The van der Waals surface area contributed by atoms with Crippen LogP contribution < -0.4 is 5.73 Å². The van der Waals surface area contributed by atoms with Gasteiger partial charge in [0.25, 0.3) is 0 Å². The van der Waals surface area contributed by atoms with Crippen molar-refractivity contribution in [1.82, 2.24) is 10.1 Å². The van der Waals surface area contributed by atoms with Crippen LogP contribution in [-0.2, 0) is 6.54 Å². The van der Waals surface area contributed by atoms with E-state index in [4.69, 9.17) is 10.3 Å². The van der Waals surface area contributed by atoms with Crippen molar-refractivity contribution in [2.45, 2.75) is 27.3 Å². The van der Waals surface area contributed by atoms with Gasteiger partial charge in [-0.05, 0) is 32.4 Å². The lowest BCUT2D eigenvalue weighted by molar-refractivity contribution is 0.229. The maximum Gasteiger partial charge on any atom is 0.133 e. The van der Waals surface area contributed by atoms with E-state index in [1.54, 1.807) is 0 Å². The molecule has 0 radical (unpaired) electrons. The molecule has 0 amide bonds. The molecule has 0 spiro atoms. The minimum Gasteiger partial charge on any atom is -0.361 e. The molecule has 0 bridgehead atoms. The van der Waals surface area contributed by atoms with Crippen molar-refractivity contribution in [3.63, 3.8) is 0 Å². The molecule has 16 heavy (non-hydrogen) atoms. The molecule has 0 aromatic carbocycles. The molecule has 4 heteroatoms. The Labute approximate surface area is 97.8 Å². The van der Waals surface area contributed by atoms with Crippen molar-refractivity contribution in [1.29, 1.82) is 0 Å². The van der Waals surface area contributed by atoms with E-state index in [9.17, 15) is 0 Å². The second-order valence-electron chi connectivity index (χ2n) is 4.87. The van der Waals surface area contributed by atoms with Gasteiger partial charge in [0, 0.05) is 19.2 Å². The Bertz CT molecular complexity index is 309. The van der Waals surface area contributed by atoms with Crippen LogP contribution >= 0.6 is 0 Å². The number of nitrogens with zero attached hydrogens (tertiary/aromatic N) is 2. The summed E-state index contributed by atoms with van der Waals surface area (Å²) in [4.78, 5) is 2.24. The Morgan fingerprint density at radius 2 is 2.19 bits per heavy atom. The van der Waals surface area contributed by atoms with Crippen LogP contribution in [0.4, 0.5) is 0 Å². The highest BCUT2D eigenvalue weighted by Gasteiger charge is 2.14. The van der Waals surface area contributed by atoms with Crippen LogP contribution in [0.3, 0.4) is 0 Å². The van der Waals surface area contributed by atoms with Gasteiger partial charge in [0.15, 0.2) is 0 Å². The summed E-state index contributed by atoms with van der Waals surface area (Å²) in [6.07, 6.45) is 0. The molecule has 4 nitrogen and oxygen atoms in total. The third-order valence-corrected chi connectivity index (χ3v) is 2.90. The zero-order chi connectivity index (χ0) is 12.1. The zero-order valence-electron chi connectivity index (χ0n) is 10.7. The molecule has 0 aliphatic heterocycles. The van der Waals surface area contributed by atoms with Gasteiger partial charge in [-0.1, -0.05) is 19.0 Å². The smallest absolute Gasteiger partial charge is 0.133 e. The van der Waals surface area contributed by atoms with E-state index in [2.05, 4.69) is 31.0 Å². The van der Waals surface area contributed by atoms with Crippen molar-refractivity contribution < 1.29 is 4.52 Å². The maximum absolute atomic E-state index is 5.76. The summed E-state index contributed by atoms with van der Waals surface area (Å²) < 4.78 is 5.04. The summed E-state index contributed by atoms with van der Waals surface area (Å²) in [6, 6.07) is 1.98. The van der Waals surface area contributed by atoms with Crippen molar-refractivity contribution >= 4 is 0 Å². The van der Waals surface area contributed by atoms with Crippen LogP contribution in [0, 0.1) is 18.8 Å². The third-order valence-electron chi connectivity index (χ3n) is 2.90. The molecule has 92 valence electrons. The average Bonchev–Trinajstić information content (AvgIpc) is 2.60. The average molecular weight is 225 g/mol. The summed E-state index contributed by atoms with van der Waals surface area (Å²) in [5.41, 5.74) is 6.74. The van der Waals surface area contributed by atoms with Crippen LogP contribution in [0.15, 0.2) is 10.6 Å². The second kappa shape index (κ2) is 6.01. The molecule has 0 saturated heterocycles. The normalized spacial score (nSPS) is 13.7. The van der Waals surface area contributed by atoms with Crippen molar-refractivity contribution in [3.8, 4) is 0 Å². The van der Waals surface area contributed by atoms with Gasteiger partial charge >= 0.3 is 0 Å². The van der Waals surface area contributed by atoms with E-state index in [0.717, 1.165) is 31.1 Å². The highest BCUT2D eigenvalue weighted by atomic mass is 16.5. The highest BCUT2D eigenvalue weighted by molar-refractivity contribution is 5.03. The van der Waals surface area contributed by atoms with Gasteiger partial charge in [0.05, 0.1) is 5.69 Å². The first-order chi connectivity index (χ1) is 7.52. The number of aryl methyl sites for hydroxylation is 1. The lowest BCUT2D eigenvalue weighted by atomic mass is 9.95. The van der Waals surface area contributed by atoms with Gasteiger partial charge in [0.2, 0.25) is 0 Å². The van der Waals surface area contributed by atoms with Crippen LogP contribution in [0.5, 0.6) is 0 Å². The van der Waals surface area contributed by atoms with E-state index in [0.29, 0.717) is 11.8 Å². The minimum absolute atomic E-state index is 0.540. The number of aromatic nitrogens is 1. The van der Waals surface area contributed by atoms with E-state index < -0.39 is 0 Å². The molecule has 2 N–H and O–H groups in total. The van der Waals surface area contributed by atoms with E-state index in [1.165, 1.54) is 0 Å². The monoisotopic (exact) mass is 225 g/mol. The molecule has 1 unspecified atom stereocenters. The van der Waals surface area contributed by atoms with E-state index >= 15 is 0 Å². The number of hydrogen-bond acceptors (Lipinski definition) is 4. The van der Waals surface area contributed by atoms with Crippen LogP contribution in [-0.4, -0.2) is 30.2 Å². The number of hydrogen-bond donors (Lipinski definition) is 1. The second-order valence-corrected chi connectivity index (χ2v) is 4.87. The van der Waals surface area contributed by atoms with Gasteiger partial charge < -0.3 is 15.2 Å². The Balaban J connectivity index is 2.43. The summed E-state index contributed by atoms with van der Waals surface area (Å²) in [5.74, 6) is 2.02. The van der Waals surface area contributed by atoms with E-state index in [-0.39, 0.29) is 0 Å². The molecule has 1 rings (SSSR count). The molecule has 0 aliphatic rings. The van der Waals surface area contributed by atoms with Crippen molar-refractivity contribution in [2.75, 3.05) is 20.1 Å². The zero-order valence-corrected chi connectivity index (χ0v) is 10.7. The van der Waals surface area contributed by atoms with Gasteiger partial charge in [-0.2, -0.15) is 0 Å². The largest absolute Gasteiger partial charge is 0.361 e. The third kappa shape index (κ3) is 3.94. The van der Waals surface area contributed by atoms with Crippen LogP contribution in [0.1, 0.15) is 25.3 Å². The summed E-state index contributed by atoms with van der Waals surface area (Å²) in [5, 5.41) is 3.99. The predicted octanol–water partition coefficient (Wildman–Crippen LogP) is 1.65. The van der Waals surface area contributed by atoms with Gasteiger partial charge in [-0.15, -0.1) is 0 Å². The fourth-order valence-corrected chi connectivity index (χ4v) is 1.79. The molecule has 0 aliphatic carbocycles. The Morgan fingerprint density at radius 3 is 2.62 bits per heavy atom. The Kier molecular flexibility index (Phi) is 4.96. The molecular weight excluding hydrogens is 202 g/mol. The van der Waals surface area contributed by atoms with Crippen molar-refractivity contribution in [2.24, 2.45) is 17.6 Å². The molecule has 1 aromatic heterocycles. The van der Waals surface area contributed by atoms with E-state index in [1.807, 2.05) is 13.0 Å². The van der Waals surface area contributed by atoms with Gasteiger partial charge in [-0.25, -0.2) is 0 Å². The fourth-order valence-electron chi connectivity index (χ4n) is 1.79. The molecule has 1 heterocycles. The fraction of sp³-hybridized carbons (Fsp3) is 0.750.